The van der Waals surface area contributed by atoms with Gasteiger partial charge in [-0.25, -0.2) is 0 Å². The maximum atomic E-state index is 11.3. The molecule has 0 aliphatic carbocycles. The number of carbonyl (C=O) groups excluding carboxylic acids is 1. The zero-order valence-corrected chi connectivity index (χ0v) is 10.1. The van der Waals surface area contributed by atoms with E-state index in [1.807, 2.05) is 18.2 Å². The number of carbonyl (C=O) groups is 1. The molecule has 4 nitrogen and oxygen atoms in total. The summed E-state index contributed by atoms with van der Waals surface area (Å²) in [5.41, 5.74) is 0.912. The molecule has 0 aromatic heterocycles. The van der Waals surface area contributed by atoms with Crippen molar-refractivity contribution in [3.8, 4) is 0 Å². The van der Waals surface area contributed by atoms with Crippen molar-refractivity contribution >= 4 is 23.4 Å². The van der Waals surface area contributed by atoms with E-state index in [4.69, 9.17) is 0 Å². The number of fused-ring (bicyclic) bond motifs is 1. The van der Waals surface area contributed by atoms with Gasteiger partial charge in [0, 0.05) is 11.4 Å². The Morgan fingerprint density at radius 3 is 3.06 bits per heavy atom. The fourth-order valence-corrected chi connectivity index (χ4v) is 3.09. The maximum absolute atomic E-state index is 11.3. The highest BCUT2D eigenvalue weighted by atomic mass is 32.2. The molecule has 2 aliphatic heterocycles. The van der Waals surface area contributed by atoms with Crippen LogP contribution in [0.3, 0.4) is 0 Å². The van der Waals surface area contributed by atoms with E-state index >= 15 is 0 Å². The zero-order chi connectivity index (χ0) is 11.9. The summed E-state index contributed by atoms with van der Waals surface area (Å²) in [6.07, 6.45) is 0.715. The first kappa shape index (κ1) is 11.1. The Balaban J connectivity index is 1.97. The van der Waals surface area contributed by atoms with Crippen molar-refractivity contribution in [2.45, 2.75) is 16.9 Å². The van der Waals surface area contributed by atoms with Crippen LogP contribution in [-0.4, -0.2) is 29.9 Å². The highest BCUT2D eigenvalue weighted by Crippen LogP contribution is 2.36. The number of rotatable bonds is 1. The van der Waals surface area contributed by atoms with Crippen LogP contribution in [-0.2, 0) is 10.4 Å². The lowest BCUT2D eigenvalue weighted by molar-refractivity contribution is -0.113. The van der Waals surface area contributed by atoms with E-state index in [-0.39, 0.29) is 5.91 Å². The summed E-state index contributed by atoms with van der Waals surface area (Å²) < 4.78 is 0. The van der Waals surface area contributed by atoms with E-state index in [1.54, 1.807) is 0 Å². The van der Waals surface area contributed by atoms with E-state index in [9.17, 15) is 9.90 Å². The molecule has 1 unspecified atom stereocenters. The smallest absolute Gasteiger partial charge is 0.234 e. The van der Waals surface area contributed by atoms with Gasteiger partial charge < -0.3 is 15.7 Å². The number of hydrogen-bond acceptors (Lipinski definition) is 4. The number of nitrogens with one attached hydrogen (secondary N) is 2. The number of aliphatic hydroxyl groups is 1. The third-order valence-electron chi connectivity index (χ3n) is 3.28. The summed E-state index contributed by atoms with van der Waals surface area (Å²) >= 11 is 1.54. The largest absolute Gasteiger partial charge is 0.384 e. The van der Waals surface area contributed by atoms with Crippen LogP contribution in [0.1, 0.15) is 12.0 Å². The van der Waals surface area contributed by atoms with Crippen LogP contribution in [0, 0.1) is 0 Å². The molecule has 0 saturated carbocycles. The van der Waals surface area contributed by atoms with E-state index < -0.39 is 5.60 Å². The van der Waals surface area contributed by atoms with Gasteiger partial charge in [0.25, 0.3) is 0 Å². The molecule has 0 radical (unpaired) electrons. The van der Waals surface area contributed by atoms with Gasteiger partial charge in [-0.1, -0.05) is 6.07 Å². The number of β-amino-alcohol motifs (C(OH)–C–C–N with tert-alkyl or cyclic N) is 1. The van der Waals surface area contributed by atoms with Crippen LogP contribution < -0.4 is 10.6 Å². The molecule has 5 heteroatoms. The molecule has 1 aromatic rings. The summed E-state index contributed by atoms with van der Waals surface area (Å²) in [5.74, 6) is 0.495. The SMILES string of the molecule is O=C1CSc2ccc(C3(O)CCNC3)cc2N1. The minimum absolute atomic E-state index is 0.0242. The molecule has 1 amide bonds. The molecule has 1 aromatic carbocycles. The second-order valence-electron chi connectivity index (χ2n) is 4.51. The zero-order valence-electron chi connectivity index (χ0n) is 9.32. The van der Waals surface area contributed by atoms with Crippen molar-refractivity contribution in [2.75, 3.05) is 24.2 Å². The van der Waals surface area contributed by atoms with Crippen LogP contribution in [0.25, 0.3) is 0 Å². The second-order valence-corrected chi connectivity index (χ2v) is 5.52. The Morgan fingerprint density at radius 2 is 2.29 bits per heavy atom. The van der Waals surface area contributed by atoms with Gasteiger partial charge in [0.2, 0.25) is 5.91 Å². The molecule has 3 N–H and O–H groups in total. The summed E-state index contributed by atoms with van der Waals surface area (Å²) in [5, 5.41) is 16.5. The third kappa shape index (κ3) is 1.94. The molecule has 1 atom stereocenters. The predicted octanol–water partition coefficient (Wildman–Crippen LogP) is 0.912. The van der Waals surface area contributed by atoms with Crippen molar-refractivity contribution in [1.29, 1.82) is 0 Å². The molecule has 1 fully saturated rings. The Hall–Kier alpha value is -1.04. The number of thioether (sulfide) groups is 1. The third-order valence-corrected chi connectivity index (χ3v) is 4.36. The Bertz CT molecular complexity index is 470. The Kier molecular flexibility index (Phi) is 2.61. The van der Waals surface area contributed by atoms with Gasteiger partial charge in [-0.2, -0.15) is 0 Å². The van der Waals surface area contributed by atoms with Crippen LogP contribution >= 0.6 is 11.8 Å². The average Bonchev–Trinajstić information content (AvgIpc) is 2.76. The topological polar surface area (TPSA) is 61.4 Å². The lowest BCUT2D eigenvalue weighted by Gasteiger charge is -2.24. The molecule has 17 heavy (non-hydrogen) atoms. The minimum atomic E-state index is -0.790. The molecule has 90 valence electrons. The van der Waals surface area contributed by atoms with Gasteiger partial charge in [-0.15, -0.1) is 11.8 Å². The van der Waals surface area contributed by atoms with E-state index in [0.717, 1.165) is 22.7 Å². The summed E-state index contributed by atoms with van der Waals surface area (Å²) in [7, 11) is 0. The first-order chi connectivity index (χ1) is 8.17. The summed E-state index contributed by atoms with van der Waals surface area (Å²) in [4.78, 5) is 12.4. The van der Waals surface area contributed by atoms with Crippen molar-refractivity contribution in [3.05, 3.63) is 23.8 Å². The highest BCUT2D eigenvalue weighted by Gasteiger charge is 2.33. The van der Waals surface area contributed by atoms with Crippen molar-refractivity contribution < 1.29 is 9.90 Å². The predicted molar refractivity (Wildman–Crippen MR) is 67.2 cm³/mol. The lowest BCUT2D eigenvalue weighted by atomic mass is 9.93. The molecule has 1 saturated heterocycles. The molecule has 2 heterocycles. The van der Waals surface area contributed by atoms with Crippen molar-refractivity contribution in [1.82, 2.24) is 5.32 Å². The fourth-order valence-electron chi connectivity index (χ4n) is 2.30. The van der Waals surface area contributed by atoms with Gasteiger partial charge in [-0.05, 0) is 30.7 Å². The van der Waals surface area contributed by atoms with Crippen LogP contribution in [0.5, 0.6) is 0 Å². The monoisotopic (exact) mass is 250 g/mol. The van der Waals surface area contributed by atoms with Gasteiger partial charge in [0.05, 0.1) is 11.4 Å². The van der Waals surface area contributed by atoms with Crippen LogP contribution in [0.2, 0.25) is 0 Å². The summed E-state index contributed by atoms with van der Waals surface area (Å²) in [6, 6.07) is 5.83. The van der Waals surface area contributed by atoms with Crippen LogP contribution in [0.4, 0.5) is 5.69 Å². The molecular weight excluding hydrogens is 236 g/mol. The van der Waals surface area contributed by atoms with Gasteiger partial charge in [0.15, 0.2) is 0 Å². The second kappa shape index (κ2) is 4.01. The number of anilines is 1. The molecule has 0 spiro atoms. The van der Waals surface area contributed by atoms with Gasteiger partial charge >= 0.3 is 0 Å². The Morgan fingerprint density at radius 1 is 1.41 bits per heavy atom. The van der Waals surface area contributed by atoms with Crippen molar-refractivity contribution in [2.24, 2.45) is 0 Å². The minimum Gasteiger partial charge on any atom is -0.384 e. The normalized spacial score (nSPS) is 27.7. The quantitative estimate of drug-likeness (QED) is 0.693. The number of amides is 1. The molecular formula is C12H14N2O2S. The molecule has 0 bridgehead atoms. The average molecular weight is 250 g/mol. The fraction of sp³-hybridized carbons (Fsp3) is 0.417. The number of hydrogen-bond donors (Lipinski definition) is 3. The van der Waals surface area contributed by atoms with E-state index in [2.05, 4.69) is 10.6 Å². The number of benzene rings is 1. The first-order valence-corrected chi connectivity index (χ1v) is 6.66. The van der Waals surface area contributed by atoms with E-state index in [0.29, 0.717) is 18.7 Å². The van der Waals surface area contributed by atoms with E-state index in [1.165, 1.54) is 11.8 Å². The standard InChI is InChI=1S/C12H14N2O2S/c15-11-6-17-10-2-1-8(5-9(10)14-11)12(16)3-4-13-7-12/h1-2,5,13,16H,3-4,6-7H2,(H,14,15). The van der Waals surface area contributed by atoms with Gasteiger partial charge in [-0.3, -0.25) is 4.79 Å². The summed E-state index contributed by atoms with van der Waals surface area (Å²) in [6.45, 7) is 1.40. The maximum Gasteiger partial charge on any atom is 0.234 e. The first-order valence-electron chi connectivity index (χ1n) is 5.68. The van der Waals surface area contributed by atoms with Gasteiger partial charge in [0.1, 0.15) is 5.60 Å². The Labute approximate surface area is 104 Å². The van der Waals surface area contributed by atoms with Crippen LogP contribution in [0.15, 0.2) is 23.1 Å². The lowest BCUT2D eigenvalue weighted by Crippen LogP contribution is -2.29. The van der Waals surface area contributed by atoms with Crippen molar-refractivity contribution in [3.63, 3.8) is 0 Å². The molecule has 2 aliphatic rings. The molecule has 3 rings (SSSR count). The highest BCUT2D eigenvalue weighted by molar-refractivity contribution is 8.00.